The molecule has 34 heavy (non-hydrogen) atoms. The summed E-state index contributed by atoms with van der Waals surface area (Å²) in [6, 6.07) is 14.2. The van der Waals surface area contributed by atoms with Crippen LogP contribution >= 0.6 is 0 Å². The summed E-state index contributed by atoms with van der Waals surface area (Å²) in [4.78, 5) is 45.6. The topological polar surface area (TPSA) is 109 Å². The number of hydrogen-bond donors (Lipinski definition) is 1. The van der Waals surface area contributed by atoms with Crippen molar-refractivity contribution in [3.8, 4) is 0 Å². The van der Waals surface area contributed by atoms with Crippen molar-refractivity contribution in [3.05, 3.63) is 54.7 Å². The molecule has 1 N–H and O–H groups in total. The molecule has 0 spiro atoms. The Morgan fingerprint density at radius 1 is 0.824 bits per heavy atom. The third kappa shape index (κ3) is 6.94. The van der Waals surface area contributed by atoms with Crippen molar-refractivity contribution in [1.29, 1.82) is 0 Å². The van der Waals surface area contributed by atoms with Crippen molar-refractivity contribution in [2.75, 3.05) is 11.4 Å². The number of hydrogen-bond acceptors (Lipinski definition) is 7. The van der Waals surface area contributed by atoms with Crippen molar-refractivity contribution in [1.82, 2.24) is 9.88 Å². The molecule has 0 aliphatic rings. The van der Waals surface area contributed by atoms with Gasteiger partial charge in [-0.3, -0.25) is 0 Å². The number of carbonyl (C=O) groups is 3. The van der Waals surface area contributed by atoms with Crippen LogP contribution in [-0.2, 0) is 14.3 Å². The summed E-state index contributed by atoms with van der Waals surface area (Å²) in [5.74, 6) is -0.976. The van der Waals surface area contributed by atoms with Gasteiger partial charge in [0.1, 0.15) is 17.0 Å². The van der Waals surface area contributed by atoms with Crippen molar-refractivity contribution in [2.24, 2.45) is 0 Å². The molecule has 1 unspecified atom stereocenters. The van der Waals surface area contributed by atoms with Gasteiger partial charge in [0.25, 0.3) is 0 Å². The summed E-state index contributed by atoms with van der Waals surface area (Å²) in [7, 11) is 0. The lowest BCUT2D eigenvalue weighted by Gasteiger charge is -2.40. The number of para-hydroxylation sites is 1. The second-order valence-corrected chi connectivity index (χ2v) is 9.98. The first-order valence-corrected chi connectivity index (χ1v) is 10.9. The number of nitrogens with zero attached hydrogens (tertiary/aromatic N) is 3. The minimum absolute atomic E-state index is 0.318. The van der Waals surface area contributed by atoms with E-state index in [1.807, 2.05) is 6.07 Å². The third-order valence-corrected chi connectivity index (χ3v) is 4.57. The molecular formula is C25H33N3O6. The van der Waals surface area contributed by atoms with Crippen molar-refractivity contribution in [3.63, 3.8) is 0 Å². The first kappa shape index (κ1) is 26.6. The van der Waals surface area contributed by atoms with Crippen LogP contribution in [0.2, 0.25) is 0 Å². The standard InChI is InChI=1S/C25H33N3O6/c1-23(2,3)33-21(31)28(22(32)34-24(4,5)6)25(7,20(29)30)17-27(18-13-9-8-10-14-18)19-15-11-12-16-26-19/h8-16H,17H2,1-7H3,(H,29,30). The van der Waals surface area contributed by atoms with Crippen LogP contribution in [0, 0.1) is 0 Å². The Morgan fingerprint density at radius 2 is 1.32 bits per heavy atom. The molecule has 0 aliphatic heterocycles. The second kappa shape index (κ2) is 10.1. The van der Waals surface area contributed by atoms with Crippen LogP contribution in [-0.4, -0.2) is 56.4 Å². The van der Waals surface area contributed by atoms with Crippen molar-refractivity contribution in [2.45, 2.75) is 65.2 Å². The molecule has 0 aliphatic carbocycles. The van der Waals surface area contributed by atoms with Gasteiger partial charge in [0, 0.05) is 11.9 Å². The number of anilines is 2. The quantitative estimate of drug-likeness (QED) is 0.609. The zero-order valence-corrected chi connectivity index (χ0v) is 20.7. The van der Waals surface area contributed by atoms with Gasteiger partial charge < -0.3 is 19.5 Å². The predicted molar refractivity (Wildman–Crippen MR) is 128 cm³/mol. The van der Waals surface area contributed by atoms with Crippen LogP contribution in [0.3, 0.4) is 0 Å². The summed E-state index contributed by atoms with van der Waals surface area (Å²) in [6.07, 6.45) is -0.676. The molecule has 1 atom stereocenters. The average Bonchev–Trinajstić information content (AvgIpc) is 2.70. The molecule has 2 amide bonds. The van der Waals surface area contributed by atoms with E-state index in [1.165, 1.54) is 6.92 Å². The Labute approximate surface area is 200 Å². The lowest BCUT2D eigenvalue weighted by Crippen LogP contribution is -2.63. The van der Waals surface area contributed by atoms with E-state index < -0.39 is 34.9 Å². The van der Waals surface area contributed by atoms with Crippen LogP contribution in [0.5, 0.6) is 0 Å². The van der Waals surface area contributed by atoms with E-state index in [1.54, 1.807) is 95.1 Å². The number of imide groups is 1. The smallest absolute Gasteiger partial charge is 0.420 e. The zero-order valence-electron chi connectivity index (χ0n) is 20.7. The zero-order chi connectivity index (χ0) is 25.7. The van der Waals surface area contributed by atoms with Crippen molar-refractivity contribution < 1.29 is 29.0 Å². The van der Waals surface area contributed by atoms with Gasteiger partial charge in [0.2, 0.25) is 0 Å². The molecular weight excluding hydrogens is 438 g/mol. The van der Waals surface area contributed by atoms with Crippen LogP contribution in [0.15, 0.2) is 54.7 Å². The minimum Gasteiger partial charge on any atom is -0.479 e. The molecule has 184 valence electrons. The fourth-order valence-corrected chi connectivity index (χ4v) is 3.06. The van der Waals surface area contributed by atoms with Gasteiger partial charge >= 0.3 is 18.2 Å². The Hall–Kier alpha value is -3.62. The molecule has 1 aromatic carbocycles. The molecule has 0 fully saturated rings. The molecule has 1 aromatic heterocycles. The predicted octanol–water partition coefficient (Wildman–Crippen LogP) is 5.24. The van der Waals surface area contributed by atoms with E-state index in [4.69, 9.17) is 9.47 Å². The number of aliphatic carboxylic acids is 1. The number of carboxylic acids is 1. The number of carboxylic acid groups (broad SMARTS) is 1. The largest absolute Gasteiger partial charge is 0.479 e. The van der Waals surface area contributed by atoms with Gasteiger partial charge in [-0.2, -0.15) is 4.90 Å². The van der Waals surface area contributed by atoms with Gasteiger partial charge in [-0.1, -0.05) is 24.3 Å². The monoisotopic (exact) mass is 471 g/mol. The third-order valence-electron chi connectivity index (χ3n) is 4.57. The Balaban J connectivity index is 2.63. The molecule has 0 saturated heterocycles. The molecule has 9 heteroatoms. The van der Waals surface area contributed by atoms with Gasteiger partial charge in [-0.25, -0.2) is 19.4 Å². The first-order chi connectivity index (χ1) is 15.6. The van der Waals surface area contributed by atoms with E-state index >= 15 is 0 Å². The lowest BCUT2D eigenvalue weighted by molar-refractivity contribution is -0.149. The maximum absolute atomic E-state index is 13.2. The summed E-state index contributed by atoms with van der Waals surface area (Å²) in [6.45, 7) is 10.7. The maximum Gasteiger partial charge on any atom is 0.420 e. The van der Waals surface area contributed by atoms with E-state index in [-0.39, 0.29) is 6.54 Å². The fraction of sp³-hybridized carbons (Fsp3) is 0.440. The van der Waals surface area contributed by atoms with E-state index in [0.29, 0.717) is 16.4 Å². The Kier molecular flexibility index (Phi) is 7.92. The summed E-state index contributed by atoms with van der Waals surface area (Å²) >= 11 is 0. The van der Waals surface area contributed by atoms with E-state index in [0.717, 1.165) is 0 Å². The van der Waals surface area contributed by atoms with E-state index in [2.05, 4.69) is 4.98 Å². The lowest BCUT2D eigenvalue weighted by atomic mass is 9.99. The number of aromatic nitrogens is 1. The molecule has 0 radical (unpaired) electrons. The van der Waals surface area contributed by atoms with Crippen molar-refractivity contribution >= 4 is 29.7 Å². The normalized spacial score (nSPS) is 13.4. The van der Waals surface area contributed by atoms with Crippen LogP contribution in [0.25, 0.3) is 0 Å². The molecule has 9 nitrogen and oxygen atoms in total. The Morgan fingerprint density at radius 3 is 1.74 bits per heavy atom. The summed E-state index contributed by atoms with van der Waals surface area (Å²) < 4.78 is 10.8. The average molecular weight is 472 g/mol. The van der Waals surface area contributed by atoms with Gasteiger partial charge in [0.15, 0.2) is 5.54 Å². The molecule has 0 bridgehead atoms. The SMILES string of the molecule is CC(C)(C)OC(=O)N(C(=O)OC(C)(C)C)C(C)(CN(c1ccccc1)c1ccccn1)C(=O)O. The number of carbonyl (C=O) groups excluding carboxylic acids is 2. The van der Waals surface area contributed by atoms with Crippen LogP contribution in [0.1, 0.15) is 48.5 Å². The highest BCUT2D eigenvalue weighted by atomic mass is 16.6. The number of rotatable bonds is 6. The number of pyridine rings is 1. The van der Waals surface area contributed by atoms with Gasteiger partial charge in [0.05, 0.1) is 6.54 Å². The fourth-order valence-electron chi connectivity index (χ4n) is 3.06. The minimum atomic E-state index is -2.09. The highest BCUT2D eigenvalue weighted by molar-refractivity contribution is 5.96. The summed E-state index contributed by atoms with van der Waals surface area (Å²) in [5, 5.41) is 10.3. The molecule has 2 aromatic rings. The van der Waals surface area contributed by atoms with Gasteiger partial charge in [-0.05, 0) is 72.7 Å². The first-order valence-electron chi connectivity index (χ1n) is 10.9. The van der Waals surface area contributed by atoms with Gasteiger partial charge in [-0.15, -0.1) is 0 Å². The molecule has 0 saturated carbocycles. The Bertz CT molecular complexity index is 931. The van der Waals surface area contributed by atoms with E-state index in [9.17, 15) is 19.5 Å². The number of ether oxygens (including phenoxy) is 2. The maximum atomic E-state index is 13.2. The molecule has 1 heterocycles. The summed E-state index contributed by atoms with van der Waals surface area (Å²) in [5.41, 5.74) is -3.41. The second-order valence-electron chi connectivity index (χ2n) is 9.98. The van der Waals surface area contributed by atoms with Crippen LogP contribution < -0.4 is 4.90 Å². The number of benzene rings is 1. The number of amides is 2. The highest BCUT2D eigenvalue weighted by Gasteiger charge is 2.51. The molecule has 2 rings (SSSR count). The van der Waals surface area contributed by atoms with Crippen LogP contribution in [0.4, 0.5) is 21.1 Å². The highest BCUT2D eigenvalue weighted by Crippen LogP contribution is 2.30.